The molecule has 5 nitrogen and oxygen atoms in total. The van der Waals surface area contributed by atoms with Gasteiger partial charge in [0.15, 0.2) is 0 Å². The number of para-hydroxylation sites is 1. The van der Waals surface area contributed by atoms with Gasteiger partial charge in [0.2, 0.25) is 5.91 Å². The van der Waals surface area contributed by atoms with Gasteiger partial charge in [-0.15, -0.1) is 12.4 Å². The average Bonchev–Trinajstić information content (AvgIpc) is 2.55. The Labute approximate surface area is 151 Å². The molecule has 1 heterocycles. The van der Waals surface area contributed by atoms with Crippen LogP contribution in [0.2, 0.25) is 0 Å². The summed E-state index contributed by atoms with van der Waals surface area (Å²) in [7, 11) is 0. The lowest BCUT2D eigenvalue weighted by Crippen LogP contribution is -2.48. The Morgan fingerprint density at radius 3 is 2.74 bits per heavy atom. The van der Waals surface area contributed by atoms with Crippen LogP contribution in [0.15, 0.2) is 28.7 Å². The largest absolute Gasteiger partial charge is 0.488 e. The van der Waals surface area contributed by atoms with Crippen molar-refractivity contribution in [3.8, 4) is 5.75 Å². The summed E-state index contributed by atoms with van der Waals surface area (Å²) in [5.41, 5.74) is 6.04. The zero-order chi connectivity index (χ0) is 15.9. The molecule has 0 aromatic heterocycles. The lowest BCUT2D eigenvalue weighted by atomic mass is 9.92. The van der Waals surface area contributed by atoms with Crippen molar-refractivity contribution in [1.82, 2.24) is 5.32 Å². The van der Waals surface area contributed by atoms with Gasteiger partial charge in [-0.1, -0.05) is 12.1 Å². The molecule has 1 aromatic carbocycles. The van der Waals surface area contributed by atoms with E-state index < -0.39 is 6.04 Å². The molecule has 0 spiro atoms. The Bertz CT molecular complexity index is 498. The minimum atomic E-state index is -0.473. The summed E-state index contributed by atoms with van der Waals surface area (Å²) in [5.74, 6) is 0.848. The normalized spacial score (nSPS) is 17.7. The Balaban J connectivity index is 0.00000264. The number of hydrogen-bond acceptors (Lipinski definition) is 4. The number of ether oxygens (including phenoxy) is 2. The molecule has 1 amide bonds. The molecule has 2 unspecified atom stereocenters. The number of hydrogen-bond donors (Lipinski definition) is 2. The molecule has 0 bridgehead atoms. The number of amides is 1. The Hall–Kier alpha value is -0.820. The van der Waals surface area contributed by atoms with Gasteiger partial charge in [-0.2, -0.15) is 0 Å². The van der Waals surface area contributed by atoms with E-state index in [0.717, 1.165) is 23.1 Å². The van der Waals surface area contributed by atoms with Gasteiger partial charge < -0.3 is 20.5 Å². The third kappa shape index (κ3) is 6.30. The molecular weight excluding hydrogens is 384 g/mol. The predicted octanol–water partition coefficient (Wildman–Crippen LogP) is 2.51. The Kier molecular flexibility index (Phi) is 8.91. The number of halogens is 2. The molecule has 3 N–H and O–H groups in total. The van der Waals surface area contributed by atoms with E-state index in [0.29, 0.717) is 19.8 Å². The first-order valence-electron chi connectivity index (χ1n) is 7.60. The van der Waals surface area contributed by atoms with E-state index in [1.807, 2.05) is 31.2 Å². The van der Waals surface area contributed by atoms with Gasteiger partial charge in [0.1, 0.15) is 11.9 Å². The van der Waals surface area contributed by atoms with Gasteiger partial charge in [-0.25, -0.2) is 0 Å². The molecule has 2 atom stereocenters. The smallest absolute Gasteiger partial charge is 0.237 e. The quantitative estimate of drug-likeness (QED) is 0.760. The molecule has 7 heteroatoms. The average molecular weight is 408 g/mol. The fourth-order valence-electron chi connectivity index (χ4n) is 2.45. The van der Waals surface area contributed by atoms with Crippen molar-refractivity contribution in [2.75, 3.05) is 19.8 Å². The fraction of sp³-hybridized carbons (Fsp3) is 0.562. The van der Waals surface area contributed by atoms with Crippen LogP contribution in [-0.2, 0) is 9.53 Å². The van der Waals surface area contributed by atoms with E-state index in [-0.39, 0.29) is 30.3 Å². The van der Waals surface area contributed by atoms with Gasteiger partial charge in [0.25, 0.3) is 0 Å². The first kappa shape index (κ1) is 20.2. The molecule has 1 aliphatic rings. The lowest BCUT2D eigenvalue weighted by molar-refractivity contribution is -0.124. The molecule has 1 saturated heterocycles. The van der Waals surface area contributed by atoms with Crippen LogP contribution < -0.4 is 15.8 Å². The maximum Gasteiger partial charge on any atom is 0.237 e. The molecule has 1 aliphatic heterocycles. The maximum absolute atomic E-state index is 12.1. The van der Waals surface area contributed by atoms with Crippen molar-refractivity contribution in [3.63, 3.8) is 0 Å². The van der Waals surface area contributed by atoms with E-state index in [2.05, 4.69) is 21.2 Å². The van der Waals surface area contributed by atoms with E-state index >= 15 is 0 Å². The van der Waals surface area contributed by atoms with Crippen LogP contribution in [0.25, 0.3) is 0 Å². The van der Waals surface area contributed by atoms with Crippen LogP contribution in [0.5, 0.6) is 5.75 Å². The zero-order valence-electron chi connectivity index (χ0n) is 13.2. The Morgan fingerprint density at radius 2 is 2.09 bits per heavy atom. The Morgan fingerprint density at radius 1 is 1.43 bits per heavy atom. The summed E-state index contributed by atoms with van der Waals surface area (Å²) in [4.78, 5) is 12.1. The minimum Gasteiger partial charge on any atom is -0.488 e. The standard InChI is InChI=1S/C16H23BrN2O3.ClH/c1-11(22-14-5-3-2-4-13(14)17)10-19-16(20)15(18)12-6-8-21-9-7-12;/h2-5,11-12,15H,6-10,18H2,1H3,(H,19,20);1H. The van der Waals surface area contributed by atoms with E-state index in [1.165, 1.54) is 0 Å². The van der Waals surface area contributed by atoms with E-state index in [4.69, 9.17) is 15.2 Å². The molecular formula is C16H24BrClN2O3. The lowest BCUT2D eigenvalue weighted by Gasteiger charge is -2.27. The predicted molar refractivity (Wildman–Crippen MR) is 96.0 cm³/mol. The highest BCUT2D eigenvalue weighted by Crippen LogP contribution is 2.24. The van der Waals surface area contributed by atoms with Crippen molar-refractivity contribution >= 4 is 34.2 Å². The molecule has 2 rings (SSSR count). The van der Waals surface area contributed by atoms with Gasteiger partial charge in [-0.05, 0) is 53.7 Å². The van der Waals surface area contributed by atoms with Crippen LogP contribution in [0.1, 0.15) is 19.8 Å². The second-order valence-electron chi connectivity index (χ2n) is 5.58. The number of nitrogens with two attached hydrogens (primary N) is 1. The third-order valence-electron chi connectivity index (χ3n) is 3.81. The molecule has 0 radical (unpaired) electrons. The van der Waals surface area contributed by atoms with Gasteiger partial charge in [0.05, 0.1) is 17.1 Å². The second-order valence-corrected chi connectivity index (χ2v) is 6.43. The highest BCUT2D eigenvalue weighted by Gasteiger charge is 2.26. The van der Waals surface area contributed by atoms with Crippen LogP contribution in [-0.4, -0.2) is 37.8 Å². The topological polar surface area (TPSA) is 73.6 Å². The van der Waals surface area contributed by atoms with Crippen molar-refractivity contribution in [2.45, 2.75) is 31.9 Å². The summed E-state index contributed by atoms with van der Waals surface area (Å²) >= 11 is 3.44. The van der Waals surface area contributed by atoms with Crippen molar-refractivity contribution in [1.29, 1.82) is 0 Å². The molecule has 0 aliphatic carbocycles. The molecule has 23 heavy (non-hydrogen) atoms. The number of benzene rings is 1. The van der Waals surface area contributed by atoms with Crippen LogP contribution >= 0.6 is 28.3 Å². The summed E-state index contributed by atoms with van der Waals surface area (Å²) in [6, 6.07) is 7.17. The third-order valence-corrected chi connectivity index (χ3v) is 4.46. The van der Waals surface area contributed by atoms with Gasteiger partial charge in [-0.3, -0.25) is 4.79 Å². The maximum atomic E-state index is 12.1. The summed E-state index contributed by atoms with van der Waals surface area (Å²) in [5, 5.41) is 2.87. The van der Waals surface area contributed by atoms with Gasteiger partial charge >= 0.3 is 0 Å². The second kappa shape index (κ2) is 10.1. The van der Waals surface area contributed by atoms with E-state index in [9.17, 15) is 4.79 Å². The molecule has 1 aromatic rings. The SMILES string of the molecule is CC(CNC(=O)C(N)C1CCOCC1)Oc1ccccc1Br.Cl. The zero-order valence-corrected chi connectivity index (χ0v) is 15.6. The first-order valence-corrected chi connectivity index (χ1v) is 8.39. The number of rotatable bonds is 6. The highest BCUT2D eigenvalue weighted by atomic mass is 79.9. The van der Waals surface area contributed by atoms with Crippen molar-refractivity contribution in [3.05, 3.63) is 28.7 Å². The molecule has 130 valence electrons. The van der Waals surface area contributed by atoms with Gasteiger partial charge in [0, 0.05) is 13.2 Å². The monoisotopic (exact) mass is 406 g/mol. The number of carbonyl (C=O) groups is 1. The van der Waals surface area contributed by atoms with E-state index in [1.54, 1.807) is 0 Å². The number of carbonyl (C=O) groups excluding carboxylic acids is 1. The summed E-state index contributed by atoms with van der Waals surface area (Å²) in [6.07, 6.45) is 1.56. The minimum absolute atomic E-state index is 0. The van der Waals surface area contributed by atoms with Crippen LogP contribution in [0, 0.1) is 5.92 Å². The highest BCUT2D eigenvalue weighted by molar-refractivity contribution is 9.10. The fourth-order valence-corrected chi connectivity index (χ4v) is 2.83. The molecule has 1 fully saturated rings. The van der Waals surface area contributed by atoms with Crippen LogP contribution in [0.3, 0.4) is 0 Å². The summed E-state index contributed by atoms with van der Waals surface area (Å²) < 4.78 is 12.0. The first-order chi connectivity index (χ1) is 10.6. The summed E-state index contributed by atoms with van der Waals surface area (Å²) in [6.45, 7) is 3.72. The van der Waals surface area contributed by atoms with Crippen LogP contribution in [0.4, 0.5) is 0 Å². The van der Waals surface area contributed by atoms with Crippen molar-refractivity contribution in [2.24, 2.45) is 11.7 Å². The number of nitrogens with one attached hydrogen (secondary N) is 1. The van der Waals surface area contributed by atoms with Crippen molar-refractivity contribution < 1.29 is 14.3 Å². The molecule has 0 saturated carbocycles.